The first kappa shape index (κ1) is 12.9. The van der Waals surface area contributed by atoms with Crippen molar-refractivity contribution in [1.82, 2.24) is 0 Å². The number of anilines is 1. The average molecular weight is 282 g/mol. The quantitative estimate of drug-likeness (QED) is 0.853. The number of nitrogens with two attached hydrogens (primary N) is 1. The lowest BCUT2D eigenvalue weighted by Gasteiger charge is -2.05. The largest absolute Gasteiger partial charge is 0.465 e. The number of esters is 1. The van der Waals surface area contributed by atoms with Gasteiger partial charge in [-0.3, -0.25) is 0 Å². The average Bonchev–Trinajstić information content (AvgIpc) is 2.64. The molecule has 0 aliphatic rings. The molecule has 94 valence electrons. The van der Waals surface area contributed by atoms with E-state index in [1.807, 2.05) is 19.1 Å². The van der Waals surface area contributed by atoms with Crippen molar-refractivity contribution in [3.8, 4) is 11.1 Å². The second-order valence-electron chi connectivity index (χ2n) is 3.77. The molecule has 0 unspecified atom stereocenters. The molecule has 0 saturated carbocycles. The van der Waals surface area contributed by atoms with Crippen LogP contribution in [0.3, 0.4) is 0 Å². The second-order valence-corrected chi connectivity index (χ2v) is 5.46. The van der Waals surface area contributed by atoms with Crippen LogP contribution < -0.4 is 5.73 Å². The topological polar surface area (TPSA) is 52.3 Å². The fourth-order valence-corrected chi connectivity index (χ4v) is 2.90. The highest BCUT2D eigenvalue weighted by Gasteiger charge is 2.22. The Balaban J connectivity index is 2.63. The lowest BCUT2D eigenvalue weighted by molar-refractivity contribution is 0.0603. The van der Waals surface area contributed by atoms with Gasteiger partial charge < -0.3 is 10.5 Å². The molecule has 0 bridgehead atoms. The van der Waals surface area contributed by atoms with Crippen molar-refractivity contribution in [2.24, 2.45) is 0 Å². The molecule has 5 heteroatoms. The molecule has 3 nitrogen and oxygen atoms in total. The maximum Gasteiger partial charge on any atom is 0.341 e. The molecule has 0 radical (unpaired) electrons. The first-order chi connectivity index (χ1) is 8.54. The van der Waals surface area contributed by atoms with Gasteiger partial charge in [-0.15, -0.1) is 11.3 Å². The van der Waals surface area contributed by atoms with Crippen LogP contribution >= 0.6 is 22.9 Å². The van der Waals surface area contributed by atoms with Crippen molar-refractivity contribution in [2.75, 3.05) is 12.8 Å². The van der Waals surface area contributed by atoms with Gasteiger partial charge in [0.25, 0.3) is 0 Å². The number of nitrogen functional groups attached to an aromatic ring is 1. The highest BCUT2D eigenvalue weighted by Crippen LogP contribution is 2.38. The van der Waals surface area contributed by atoms with Crippen LogP contribution in [0.2, 0.25) is 5.02 Å². The summed E-state index contributed by atoms with van der Waals surface area (Å²) in [6.45, 7) is 1.93. The minimum absolute atomic E-state index is 0.415. The van der Waals surface area contributed by atoms with Crippen LogP contribution in [0.5, 0.6) is 0 Å². The van der Waals surface area contributed by atoms with Crippen LogP contribution in [0, 0.1) is 6.92 Å². The molecule has 0 aliphatic heterocycles. The standard InChI is InChI=1S/C13H12ClNO2S/c1-7-10(8-3-5-9(14)6-4-8)11(12(15)18-7)13(16)17-2/h3-6H,15H2,1-2H3. The number of carbonyl (C=O) groups is 1. The van der Waals surface area contributed by atoms with E-state index in [0.29, 0.717) is 15.6 Å². The van der Waals surface area contributed by atoms with Gasteiger partial charge in [-0.1, -0.05) is 23.7 Å². The SMILES string of the molecule is COC(=O)c1c(N)sc(C)c1-c1ccc(Cl)cc1. The Morgan fingerprint density at radius 2 is 1.94 bits per heavy atom. The zero-order valence-corrected chi connectivity index (χ0v) is 11.6. The molecule has 0 aliphatic carbocycles. The smallest absolute Gasteiger partial charge is 0.341 e. The molecule has 2 rings (SSSR count). The summed E-state index contributed by atoms with van der Waals surface area (Å²) in [7, 11) is 1.35. The maximum absolute atomic E-state index is 11.8. The van der Waals surface area contributed by atoms with Crippen LogP contribution in [0.4, 0.5) is 5.00 Å². The number of hydrogen-bond donors (Lipinski definition) is 1. The third-order valence-electron chi connectivity index (χ3n) is 2.63. The van der Waals surface area contributed by atoms with Gasteiger partial charge in [-0.2, -0.15) is 0 Å². The molecule has 0 atom stereocenters. The third kappa shape index (κ3) is 2.21. The summed E-state index contributed by atoms with van der Waals surface area (Å²) in [4.78, 5) is 12.8. The molecular formula is C13H12ClNO2S. The lowest BCUT2D eigenvalue weighted by Crippen LogP contribution is -2.04. The van der Waals surface area contributed by atoms with E-state index in [0.717, 1.165) is 16.0 Å². The van der Waals surface area contributed by atoms with Crippen molar-refractivity contribution < 1.29 is 9.53 Å². The second kappa shape index (κ2) is 5.00. The number of halogens is 1. The summed E-state index contributed by atoms with van der Waals surface area (Å²) < 4.78 is 4.78. The van der Waals surface area contributed by atoms with E-state index in [1.165, 1.54) is 18.4 Å². The number of hydrogen-bond acceptors (Lipinski definition) is 4. The number of aryl methyl sites for hydroxylation is 1. The Hall–Kier alpha value is -1.52. The van der Waals surface area contributed by atoms with Gasteiger partial charge in [-0.25, -0.2) is 4.79 Å². The predicted molar refractivity (Wildman–Crippen MR) is 75.3 cm³/mol. The predicted octanol–water partition coefficient (Wildman–Crippen LogP) is 3.75. The van der Waals surface area contributed by atoms with Crippen LogP contribution in [0.15, 0.2) is 24.3 Å². The molecule has 1 aromatic heterocycles. The molecule has 0 spiro atoms. The molecule has 0 amide bonds. The number of carbonyl (C=O) groups excluding carboxylic acids is 1. The molecular weight excluding hydrogens is 270 g/mol. The molecule has 0 fully saturated rings. The monoisotopic (exact) mass is 281 g/mol. The van der Waals surface area contributed by atoms with Gasteiger partial charge in [0.15, 0.2) is 0 Å². The highest BCUT2D eigenvalue weighted by molar-refractivity contribution is 7.16. The Morgan fingerprint density at radius 3 is 2.50 bits per heavy atom. The molecule has 18 heavy (non-hydrogen) atoms. The lowest BCUT2D eigenvalue weighted by atomic mass is 10.0. The van der Waals surface area contributed by atoms with E-state index in [9.17, 15) is 4.79 Å². The van der Waals surface area contributed by atoms with E-state index >= 15 is 0 Å². The zero-order valence-electron chi connectivity index (χ0n) is 9.99. The van der Waals surface area contributed by atoms with Gasteiger partial charge >= 0.3 is 5.97 Å². The van der Waals surface area contributed by atoms with Crippen LogP contribution in [0.25, 0.3) is 11.1 Å². The van der Waals surface area contributed by atoms with Crippen molar-refractivity contribution >= 4 is 33.9 Å². The van der Waals surface area contributed by atoms with Gasteiger partial charge in [0, 0.05) is 15.5 Å². The number of ether oxygens (including phenoxy) is 1. The first-order valence-electron chi connectivity index (χ1n) is 5.27. The number of thiophene rings is 1. The summed E-state index contributed by atoms with van der Waals surface area (Å²) in [5.74, 6) is -0.415. The van der Waals surface area contributed by atoms with Crippen molar-refractivity contribution in [3.05, 3.63) is 39.7 Å². The Labute approximate surface area is 114 Å². The molecule has 1 aromatic carbocycles. The zero-order chi connectivity index (χ0) is 13.3. The normalized spacial score (nSPS) is 10.4. The highest BCUT2D eigenvalue weighted by atomic mass is 35.5. The number of benzene rings is 1. The molecule has 0 saturated heterocycles. The number of methoxy groups -OCH3 is 1. The van der Waals surface area contributed by atoms with Crippen LogP contribution in [0.1, 0.15) is 15.2 Å². The van der Waals surface area contributed by atoms with E-state index in [1.54, 1.807) is 12.1 Å². The maximum atomic E-state index is 11.8. The molecule has 2 aromatic rings. The van der Waals surface area contributed by atoms with E-state index in [2.05, 4.69) is 0 Å². The van der Waals surface area contributed by atoms with Crippen molar-refractivity contribution in [1.29, 1.82) is 0 Å². The van der Waals surface area contributed by atoms with Crippen molar-refractivity contribution in [3.63, 3.8) is 0 Å². The summed E-state index contributed by atoms with van der Waals surface area (Å²) in [6.07, 6.45) is 0. The van der Waals surface area contributed by atoms with E-state index in [-0.39, 0.29) is 0 Å². The van der Waals surface area contributed by atoms with Gasteiger partial charge in [-0.05, 0) is 24.6 Å². The van der Waals surface area contributed by atoms with Gasteiger partial charge in [0.1, 0.15) is 10.6 Å². The van der Waals surface area contributed by atoms with Gasteiger partial charge in [0.05, 0.1) is 7.11 Å². The fraction of sp³-hybridized carbons (Fsp3) is 0.154. The summed E-state index contributed by atoms with van der Waals surface area (Å²) in [6, 6.07) is 7.29. The summed E-state index contributed by atoms with van der Waals surface area (Å²) in [5.41, 5.74) is 8.04. The first-order valence-corrected chi connectivity index (χ1v) is 6.47. The fourth-order valence-electron chi connectivity index (χ4n) is 1.84. The molecule has 1 heterocycles. The Bertz CT molecular complexity index is 590. The minimum atomic E-state index is -0.415. The van der Waals surface area contributed by atoms with Gasteiger partial charge in [0.2, 0.25) is 0 Å². The molecule has 2 N–H and O–H groups in total. The third-order valence-corrected chi connectivity index (χ3v) is 3.82. The Morgan fingerprint density at radius 1 is 1.33 bits per heavy atom. The van der Waals surface area contributed by atoms with E-state index < -0.39 is 5.97 Å². The van der Waals surface area contributed by atoms with Crippen LogP contribution in [-0.4, -0.2) is 13.1 Å². The van der Waals surface area contributed by atoms with E-state index in [4.69, 9.17) is 22.1 Å². The van der Waals surface area contributed by atoms with Crippen LogP contribution in [-0.2, 0) is 4.74 Å². The number of rotatable bonds is 2. The Kier molecular flexibility index (Phi) is 3.59. The minimum Gasteiger partial charge on any atom is -0.465 e. The summed E-state index contributed by atoms with van der Waals surface area (Å²) >= 11 is 7.24. The summed E-state index contributed by atoms with van der Waals surface area (Å²) in [5, 5.41) is 1.13. The van der Waals surface area contributed by atoms with Crippen molar-refractivity contribution in [2.45, 2.75) is 6.92 Å².